The second-order valence-corrected chi connectivity index (χ2v) is 8.42. The molecule has 0 unspecified atom stereocenters. The zero-order valence-corrected chi connectivity index (χ0v) is 15.0. The van der Waals surface area contributed by atoms with Crippen molar-refractivity contribution in [3.63, 3.8) is 0 Å². The van der Waals surface area contributed by atoms with Gasteiger partial charge in [-0.3, -0.25) is 4.79 Å². The van der Waals surface area contributed by atoms with Crippen molar-refractivity contribution in [3.05, 3.63) is 22.4 Å². The molecular formula is C19H27NO3S. The van der Waals surface area contributed by atoms with Gasteiger partial charge in [0.05, 0.1) is 18.6 Å². The van der Waals surface area contributed by atoms with E-state index in [0.29, 0.717) is 13.2 Å². The number of carbonyl (C=O) groups is 1. The number of nitrogens with one attached hydrogen (secondary N) is 1. The smallest absolute Gasteiger partial charge is 0.231 e. The summed E-state index contributed by atoms with van der Waals surface area (Å²) < 4.78 is 11.6. The zero-order valence-electron chi connectivity index (χ0n) is 14.2. The topological polar surface area (TPSA) is 47.6 Å². The number of rotatable bonds is 3. The number of thiophene rings is 1. The van der Waals surface area contributed by atoms with E-state index in [0.717, 1.165) is 51.4 Å². The molecule has 2 aliphatic carbocycles. The van der Waals surface area contributed by atoms with Crippen LogP contribution in [0, 0.1) is 0 Å². The van der Waals surface area contributed by atoms with Gasteiger partial charge in [-0.2, -0.15) is 0 Å². The number of ether oxygens (including phenoxy) is 2. The fraction of sp³-hybridized carbons (Fsp3) is 0.737. The minimum Gasteiger partial charge on any atom is -0.353 e. The van der Waals surface area contributed by atoms with Crippen LogP contribution in [0.15, 0.2) is 17.5 Å². The standard InChI is InChI=1S/C19H27NO3S/c21-17(18(8-2-1-3-9-18)16-5-4-14-24-16)20-15-6-10-19(11-7-15)22-12-13-23-19/h4-5,14-15H,1-3,6-13H2,(H,20,21). The highest BCUT2D eigenvalue weighted by molar-refractivity contribution is 7.10. The molecule has 0 radical (unpaired) electrons. The SMILES string of the molecule is O=C(NC1CCC2(CC1)OCCO2)C1(c2cccs2)CCCCC1. The Morgan fingerprint density at radius 2 is 1.79 bits per heavy atom. The highest BCUT2D eigenvalue weighted by Gasteiger charge is 2.45. The molecule has 0 aromatic carbocycles. The third kappa shape index (κ3) is 3.02. The summed E-state index contributed by atoms with van der Waals surface area (Å²) in [5.41, 5.74) is -0.290. The van der Waals surface area contributed by atoms with Crippen molar-refractivity contribution in [1.82, 2.24) is 5.32 Å². The Hall–Kier alpha value is -0.910. The van der Waals surface area contributed by atoms with Crippen LogP contribution < -0.4 is 5.32 Å². The Morgan fingerprint density at radius 3 is 2.42 bits per heavy atom. The quantitative estimate of drug-likeness (QED) is 0.904. The second kappa shape index (κ2) is 6.77. The summed E-state index contributed by atoms with van der Waals surface area (Å²) in [4.78, 5) is 14.5. The lowest BCUT2D eigenvalue weighted by Crippen LogP contribution is -2.51. The van der Waals surface area contributed by atoms with Crippen LogP contribution in [0.4, 0.5) is 0 Å². The van der Waals surface area contributed by atoms with Crippen molar-refractivity contribution >= 4 is 17.2 Å². The Kier molecular flexibility index (Phi) is 4.67. The molecular weight excluding hydrogens is 322 g/mol. The minimum absolute atomic E-state index is 0.249. The third-order valence-corrected chi connectivity index (χ3v) is 7.10. The van der Waals surface area contributed by atoms with Crippen LogP contribution in [0.2, 0.25) is 0 Å². The van der Waals surface area contributed by atoms with Gasteiger partial charge >= 0.3 is 0 Å². The molecule has 4 rings (SSSR count). The van der Waals surface area contributed by atoms with Crippen LogP contribution in [0.5, 0.6) is 0 Å². The van der Waals surface area contributed by atoms with Crippen molar-refractivity contribution in [2.45, 2.75) is 75.0 Å². The average Bonchev–Trinajstić information content (AvgIpc) is 3.30. The molecule has 1 aliphatic heterocycles. The van der Waals surface area contributed by atoms with Crippen LogP contribution in [-0.2, 0) is 19.7 Å². The van der Waals surface area contributed by atoms with E-state index in [9.17, 15) is 4.79 Å². The van der Waals surface area contributed by atoms with Gasteiger partial charge in [0, 0.05) is 23.8 Å². The predicted molar refractivity (Wildman–Crippen MR) is 94.1 cm³/mol. The van der Waals surface area contributed by atoms with Crippen molar-refractivity contribution in [2.24, 2.45) is 0 Å². The average molecular weight is 349 g/mol. The maximum absolute atomic E-state index is 13.2. The van der Waals surface area contributed by atoms with Gasteiger partial charge in [-0.15, -0.1) is 11.3 Å². The van der Waals surface area contributed by atoms with Gasteiger partial charge in [0.25, 0.3) is 0 Å². The molecule has 24 heavy (non-hydrogen) atoms. The van der Waals surface area contributed by atoms with Gasteiger partial charge in [0.1, 0.15) is 0 Å². The number of carbonyl (C=O) groups excluding carboxylic acids is 1. The summed E-state index contributed by atoms with van der Waals surface area (Å²) in [6.45, 7) is 1.41. The maximum atomic E-state index is 13.2. The molecule has 2 heterocycles. The van der Waals surface area contributed by atoms with E-state index < -0.39 is 0 Å². The van der Waals surface area contributed by atoms with Crippen LogP contribution in [0.1, 0.15) is 62.7 Å². The lowest BCUT2D eigenvalue weighted by molar-refractivity contribution is -0.180. The molecule has 1 aromatic rings. The van der Waals surface area contributed by atoms with E-state index in [1.54, 1.807) is 11.3 Å². The minimum atomic E-state index is -0.350. The van der Waals surface area contributed by atoms with E-state index in [1.807, 2.05) is 0 Å². The molecule has 1 spiro atoms. The summed E-state index contributed by atoms with van der Waals surface area (Å²) in [6.07, 6.45) is 9.22. The Morgan fingerprint density at radius 1 is 1.08 bits per heavy atom. The molecule has 132 valence electrons. The monoisotopic (exact) mass is 349 g/mol. The van der Waals surface area contributed by atoms with Crippen molar-refractivity contribution in [1.29, 1.82) is 0 Å². The summed E-state index contributed by atoms with van der Waals surface area (Å²) in [7, 11) is 0. The Balaban J connectivity index is 1.42. The third-order valence-electron chi connectivity index (χ3n) is 6.03. The van der Waals surface area contributed by atoms with Gasteiger partial charge in [-0.1, -0.05) is 25.3 Å². The summed E-state index contributed by atoms with van der Waals surface area (Å²) in [5.74, 6) is -0.101. The molecule has 5 heteroatoms. The van der Waals surface area contributed by atoms with Crippen LogP contribution in [-0.4, -0.2) is 30.9 Å². The first-order valence-corrected chi connectivity index (χ1v) is 10.2. The summed E-state index contributed by atoms with van der Waals surface area (Å²) in [6, 6.07) is 4.48. The van der Waals surface area contributed by atoms with E-state index in [4.69, 9.17) is 9.47 Å². The summed E-state index contributed by atoms with van der Waals surface area (Å²) >= 11 is 1.73. The lowest BCUT2D eigenvalue weighted by Gasteiger charge is -2.39. The second-order valence-electron chi connectivity index (χ2n) is 7.48. The first kappa shape index (κ1) is 16.6. The molecule has 1 saturated heterocycles. The largest absolute Gasteiger partial charge is 0.353 e. The van der Waals surface area contributed by atoms with E-state index in [2.05, 4.69) is 22.8 Å². The number of hydrogen-bond donors (Lipinski definition) is 1. The van der Waals surface area contributed by atoms with E-state index >= 15 is 0 Å². The van der Waals surface area contributed by atoms with E-state index in [1.165, 1.54) is 11.3 Å². The molecule has 1 amide bonds. The van der Waals surface area contributed by atoms with E-state index in [-0.39, 0.29) is 23.2 Å². The molecule has 3 fully saturated rings. The fourth-order valence-electron chi connectivity index (χ4n) is 4.60. The molecule has 1 N–H and O–H groups in total. The predicted octanol–water partition coefficient (Wildman–Crippen LogP) is 3.75. The summed E-state index contributed by atoms with van der Waals surface area (Å²) in [5, 5.41) is 5.48. The van der Waals surface area contributed by atoms with Gasteiger partial charge in [0.2, 0.25) is 5.91 Å². The zero-order chi connectivity index (χ0) is 16.5. The molecule has 3 aliphatic rings. The fourth-order valence-corrected chi connectivity index (χ4v) is 5.59. The molecule has 2 saturated carbocycles. The number of hydrogen-bond acceptors (Lipinski definition) is 4. The van der Waals surface area contributed by atoms with Gasteiger partial charge in [-0.25, -0.2) is 0 Å². The molecule has 0 atom stereocenters. The normalized spacial score (nSPS) is 26.5. The van der Waals surface area contributed by atoms with Crippen LogP contribution in [0.25, 0.3) is 0 Å². The first-order valence-electron chi connectivity index (χ1n) is 9.35. The van der Waals surface area contributed by atoms with Gasteiger partial charge in [0.15, 0.2) is 5.79 Å². The lowest BCUT2D eigenvalue weighted by atomic mass is 9.72. The molecule has 0 bridgehead atoms. The maximum Gasteiger partial charge on any atom is 0.231 e. The van der Waals surface area contributed by atoms with Crippen molar-refractivity contribution in [2.75, 3.05) is 13.2 Å². The first-order chi connectivity index (χ1) is 11.7. The molecule has 1 aromatic heterocycles. The van der Waals surface area contributed by atoms with Crippen molar-refractivity contribution in [3.8, 4) is 0 Å². The van der Waals surface area contributed by atoms with Crippen molar-refractivity contribution < 1.29 is 14.3 Å². The molecule has 4 nitrogen and oxygen atoms in total. The van der Waals surface area contributed by atoms with Gasteiger partial charge < -0.3 is 14.8 Å². The van der Waals surface area contributed by atoms with Gasteiger partial charge in [-0.05, 0) is 37.1 Å². The Bertz CT molecular complexity index is 549. The highest BCUT2D eigenvalue weighted by atomic mass is 32.1. The highest BCUT2D eigenvalue weighted by Crippen LogP contribution is 2.42. The van der Waals surface area contributed by atoms with Crippen LogP contribution >= 0.6 is 11.3 Å². The van der Waals surface area contributed by atoms with Crippen LogP contribution in [0.3, 0.4) is 0 Å². The number of amides is 1. The Labute approximate surface area is 147 Å².